The molecule has 0 aliphatic heterocycles. The number of nitrogens with zero attached hydrogens (tertiary/aromatic N) is 3. The zero-order chi connectivity index (χ0) is 14.7. The molecule has 0 aliphatic rings. The van der Waals surface area contributed by atoms with Crippen LogP contribution in [0.25, 0.3) is 0 Å². The summed E-state index contributed by atoms with van der Waals surface area (Å²) in [4.78, 5) is 12.5. The van der Waals surface area contributed by atoms with Gasteiger partial charge in [0.25, 0.3) is 5.69 Å². The van der Waals surface area contributed by atoms with Crippen LogP contribution in [0.3, 0.4) is 0 Å². The monoisotopic (exact) mass is 267 g/mol. The maximum absolute atomic E-state index is 11.1. The van der Waals surface area contributed by atoms with Crippen LogP contribution in [0.2, 0.25) is 0 Å². The number of rotatable bonds is 3. The highest BCUT2D eigenvalue weighted by Crippen LogP contribution is 2.33. The first-order chi connectivity index (χ1) is 9.52. The van der Waals surface area contributed by atoms with Gasteiger partial charge in [0.15, 0.2) is 0 Å². The molecule has 2 aromatic carbocycles. The van der Waals surface area contributed by atoms with E-state index >= 15 is 0 Å². The number of hydrogen-bond donors (Lipinski definition) is 0. The minimum absolute atomic E-state index is 0.0665. The Morgan fingerprint density at radius 2 is 1.85 bits per heavy atom. The molecular weight excluding hydrogens is 254 g/mol. The Hall–Kier alpha value is -2.87. The summed E-state index contributed by atoms with van der Waals surface area (Å²) in [5, 5.41) is 19.9. The summed E-state index contributed by atoms with van der Waals surface area (Å²) in [5.74, 6) is 0. The molecule has 2 aromatic rings. The van der Waals surface area contributed by atoms with E-state index in [1.807, 2.05) is 19.1 Å². The number of anilines is 2. The second-order valence-corrected chi connectivity index (χ2v) is 4.47. The molecule has 0 aliphatic carbocycles. The molecule has 0 spiro atoms. The predicted octanol–water partition coefficient (Wildman–Crippen LogP) is 3.54. The van der Waals surface area contributed by atoms with E-state index in [0.29, 0.717) is 11.3 Å². The third kappa shape index (κ3) is 2.59. The number of nitriles is 1. The summed E-state index contributed by atoms with van der Waals surface area (Å²) in [6.07, 6.45) is 0. The Labute approximate surface area is 116 Å². The number of aryl methyl sites for hydroxylation is 1. The van der Waals surface area contributed by atoms with Crippen molar-refractivity contribution in [2.24, 2.45) is 0 Å². The van der Waals surface area contributed by atoms with E-state index < -0.39 is 0 Å². The summed E-state index contributed by atoms with van der Waals surface area (Å²) in [7, 11) is 1.76. The molecule has 0 fully saturated rings. The molecule has 0 amide bonds. The zero-order valence-electron chi connectivity index (χ0n) is 11.2. The fourth-order valence-electron chi connectivity index (χ4n) is 1.96. The molecule has 0 N–H and O–H groups in total. The van der Waals surface area contributed by atoms with Crippen LogP contribution < -0.4 is 4.90 Å². The highest BCUT2D eigenvalue weighted by molar-refractivity contribution is 5.72. The lowest BCUT2D eigenvalue weighted by molar-refractivity contribution is -0.384. The third-order valence-corrected chi connectivity index (χ3v) is 3.07. The van der Waals surface area contributed by atoms with Crippen molar-refractivity contribution < 1.29 is 4.92 Å². The van der Waals surface area contributed by atoms with Gasteiger partial charge in [-0.15, -0.1) is 0 Å². The largest absolute Gasteiger partial charge is 0.339 e. The van der Waals surface area contributed by atoms with E-state index in [4.69, 9.17) is 5.26 Å². The molecule has 0 unspecified atom stereocenters. The average molecular weight is 267 g/mol. The minimum Gasteiger partial charge on any atom is -0.339 e. The summed E-state index contributed by atoms with van der Waals surface area (Å²) < 4.78 is 0. The number of hydrogen-bond acceptors (Lipinski definition) is 4. The van der Waals surface area contributed by atoms with Gasteiger partial charge in [-0.05, 0) is 42.8 Å². The lowest BCUT2D eigenvalue weighted by Gasteiger charge is -2.19. The van der Waals surface area contributed by atoms with Gasteiger partial charge in [0, 0.05) is 18.8 Å². The standard InChI is InChI=1S/C15H13N3O2/c1-11-3-8-14(15(9-11)18(19)20)17(2)13-6-4-12(10-16)5-7-13/h3-9H,1-2H3. The molecule has 100 valence electrons. The SMILES string of the molecule is Cc1ccc(N(C)c2ccc(C#N)cc2)c([N+](=O)[O-])c1. The van der Waals surface area contributed by atoms with Gasteiger partial charge in [0.2, 0.25) is 0 Å². The lowest BCUT2D eigenvalue weighted by Crippen LogP contribution is -2.11. The summed E-state index contributed by atoms with van der Waals surface area (Å²) in [6, 6.07) is 14.1. The van der Waals surface area contributed by atoms with Crippen LogP contribution in [0, 0.1) is 28.4 Å². The normalized spacial score (nSPS) is 9.85. The zero-order valence-corrected chi connectivity index (χ0v) is 11.2. The second-order valence-electron chi connectivity index (χ2n) is 4.47. The van der Waals surface area contributed by atoms with E-state index in [9.17, 15) is 10.1 Å². The summed E-state index contributed by atoms with van der Waals surface area (Å²) in [6.45, 7) is 1.82. The second kappa shape index (κ2) is 5.41. The summed E-state index contributed by atoms with van der Waals surface area (Å²) >= 11 is 0. The molecule has 20 heavy (non-hydrogen) atoms. The lowest BCUT2D eigenvalue weighted by atomic mass is 10.1. The van der Waals surface area contributed by atoms with Crippen LogP contribution in [0.15, 0.2) is 42.5 Å². The predicted molar refractivity (Wildman–Crippen MR) is 77.1 cm³/mol. The highest BCUT2D eigenvalue weighted by Gasteiger charge is 2.18. The average Bonchev–Trinajstić information content (AvgIpc) is 2.46. The topological polar surface area (TPSA) is 70.2 Å². The van der Waals surface area contributed by atoms with Crippen molar-refractivity contribution >= 4 is 17.1 Å². The van der Waals surface area contributed by atoms with E-state index in [1.165, 1.54) is 0 Å². The fourth-order valence-corrected chi connectivity index (χ4v) is 1.96. The van der Waals surface area contributed by atoms with Crippen LogP contribution in [0.4, 0.5) is 17.1 Å². The first kappa shape index (κ1) is 13.6. The van der Waals surface area contributed by atoms with Crippen molar-refractivity contribution in [1.82, 2.24) is 0 Å². The molecule has 2 rings (SSSR count). The Bertz CT molecular complexity index is 687. The first-order valence-corrected chi connectivity index (χ1v) is 6.02. The van der Waals surface area contributed by atoms with Crippen LogP contribution >= 0.6 is 0 Å². The molecule has 0 saturated heterocycles. The smallest absolute Gasteiger partial charge is 0.293 e. The van der Waals surface area contributed by atoms with Gasteiger partial charge in [-0.3, -0.25) is 10.1 Å². The maximum atomic E-state index is 11.1. The van der Waals surface area contributed by atoms with Crippen molar-refractivity contribution in [3.05, 3.63) is 63.7 Å². The van der Waals surface area contributed by atoms with Gasteiger partial charge in [-0.2, -0.15) is 5.26 Å². The Morgan fingerprint density at radius 3 is 2.40 bits per heavy atom. The summed E-state index contributed by atoms with van der Waals surface area (Å²) in [5.41, 5.74) is 2.77. The van der Waals surface area contributed by atoms with Crippen molar-refractivity contribution in [3.8, 4) is 6.07 Å². The molecule has 0 radical (unpaired) electrons. The van der Waals surface area contributed by atoms with Crippen LogP contribution in [-0.2, 0) is 0 Å². The maximum Gasteiger partial charge on any atom is 0.293 e. The van der Waals surface area contributed by atoms with E-state index in [-0.39, 0.29) is 10.6 Å². The molecule has 0 atom stereocenters. The van der Waals surface area contributed by atoms with Crippen molar-refractivity contribution in [3.63, 3.8) is 0 Å². The highest BCUT2D eigenvalue weighted by atomic mass is 16.6. The van der Waals surface area contributed by atoms with Crippen molar-refractivity contribution in [2.45, 2.75) is 6.92 Å². The molecule has 0 bridgehead atoms. The molecular formula is C15H13N3O2. The van der Waals surface area contributed by atoms with Crippen molar-refractivity contribution in [2.75, 3.05) is 11.9 Å². The Kier molecular flexibility index (Phi) is 3.67. The fraction of sp³-hybridized carbons (Fsp3) is 0.133. The van der Waals surface area contributed by atoms with Gasteiger partial charge in [-0.25, -0.2) is 0 Å². The van der Waals surface area contributed by atoms with Crippen LogP contribution in [-0.4, -0.2) is 12.0 Å². The van der Waals surface area contributed by atoms with E-state index in [0.717, 1.165) is 11.3 Å². The van der Waals surface area contributed by atoms with E-state index in [1.54, 1.807) is 48.3 Å². The Morgan fingerprint density at radius 1 is 1.20 bits per heavy atom. The van der Waals surface area contributed by atoms with Gasteiger partial charge >= 0.3 is 0 Å². The van der Waals surface area contributed by atoms with Gasteiger partial charge in [0.1, 0.15) is 5.69 Å². The quantitative estimate of drug-likeness (QED) is 0.630. The molecule has 5 heteroatoms. The minimum atomic E-state index is -0.386. The molecule has 5 nitrogen and oxygen atoms in total. The third-order valence-electron chi connectivity index (χ3n) is 3.07. The van der Waals surface area contributed by atoms with Crippen LogP contribution in [0.1, 0.15) is 11.1 Å². The van der Waals surface area contributed by atoms with Crippen LogP contribution in [0.5, 0.6) is 0 Å². The van der Waals surface area contributed by atoms with E-state index in [2.05, 4.69) is 0 Å². The van der Waals surface area contributed by atoms with Gasteiger partial charge in [0.05, 0.1) is 16.6 Å². The molecule has 0 saturated carbocycles. The number of nitro groups is 1. The first-order valence-electron chi connectivity index (χ1n) is 6.02. The van der Waals surface area contributed by atoms with Gasteiger partial charge < -0.3 is 4.90 Å². The van der Waals surface area contributed by atoms with Gasteiger partial charge in [-0.1, -0.05) is 6.07 Å². The number of nitro benzene ring substituents is 1. The molecule has 0 heterocycles. The molecule has 0 aromatic heterocycles. The number of benzene rings is 2. The Balaban J connectivity index is 2.44. The van der Waals surface area contributed by atoms with Crippen molar-refractivity contribution in [1.29, 1.82) is 5.26 Å².